The fraction of sp³-hybridized carbons (Fsp3) is 0.625. The summed E-state index contributed by atoms with van der Waals surface area (Å²) in [6.45, 7) is 6.40. The van der Waals surface area contributed by atoms with E-state index in [0.29, 0.717) is 12.0 Å². The van der Waals surface area contributed by atoms with Gasteiger partial charge < -0.3 is 10.6 Å². The fourth-order valence-corrected chi connectivity index (χ4v) is 2.61. The zero-order valence-electron chi connectivity index (χ0n) is 12.1. The third-order valence-electron chi connectivity index (χ3n) is 3.80. The molecule has 0 bridgehead atoms. The molecule has 2 heteroatoms. The van der Waals surface area contributed by atoms with Crippen LogP contribution in [0.1, 0.15) is 32.3 Å². The van der Waals surface area contributed by atoms with Crippen molar-refractivity contribution in [3.63, 3.8) is 0 Å². The lowest BCUT2D eigenvalue weighted by Gasteiger charge is -2.32. The van der Waals surface area contributed by atoms with Gasteiger partial charge >= 0.3 is 0 Å². The molecule has 0 radical (unpaired) electrons. The van der Waals surface area contributed by atoms with Crippen molar-refractivity contribution < 1.29 is 0 Å². The van der Waals surface area contributed by atoms with E-state index >= 15 is 0 Å². The summed E-state index contributed by atoms with van der Waals surface area (Å²) >= 11 is 0. The topological polar surface area (TPSA) is 29.3 Å². The lowest BCUT2D eigenvalue weighted by atomic mass is 9.95. The average Bonchev–Trinajstić information content (AvgIpc) is 2.39. The maximum absolute atomic E-state index is 5.93. The van der Waals surface area contributed by atoms with Gasteiger partial charge in [0, 0.05) is 19.1 Å². The van der Waals surface area contributed by atoms with Gasteiger partial charge in [-0.3, -0.25) is 0 Å². The quantitative estimate of drug-likeness (QED) is 0.766. The minimum atomic E-state index is 0.508. The van der Waals surface area contributed by atoms with Crippen molar-refractivity contribution in [1.29, 1.82) is 0 Å². The summed E-state index contributed by atoms with van der Waals surface area (Å²) in [7, 11) is 2.20. The molecule has 0 saturated carbocycles. The van der Waals surface area contributed by atoms with Crippen molar-refractivity contribution in [2.24, 2.45) is 11.7 Å². The van der Waals surface area contributed by atoms with Crippen LogP contribution < -0.4 is 5.73 Å². The van der Waals surface area contributed by atoms with Crippen LogP contribution in [0.15, 0.2) is 30.3 Å². The molecule has 0 spiro atoms. The molecule has 0 aromatic heterocycles. The van der Waals surface area contributed by atoms with E-state index in [0.717, 1.165) is 19.5 Å². The Balaban J connectivity index is 2.44. The second-order valence-corrected chi connectivity index (χ2v) is 5.29. The maximum atomic E-state index is 5.93. The van der Waals surface area contributed by atoms with Crippen molar-refractivity contribution >= 4 is 0 Å². The molecule has 0 heterocycles. The molecular formula is C16H28N2. The fourth-order valence-electron chi connectivity index (χ4n) is 2.61. The summed E-state index contributed by atoms with van der Waals surface area (Å²) < 4.78 is 0. The van der Waals surface area contributed by atoms with Crippen LogP contribution in [0.2, 0.25) is 0 Å². The number of rotatable bonds is 8. The van der Waals surface area contributed by atoms with Crippen molar-refractivity contribution in [2.45, 2.75) is 39.2 Å². The Morgan fingerprint density at radius 3 is 2.44 bits per heavy atom. The molecule has 18 heavy (non-hydrogen) atoms. The van der Waals surface area contributed by atoms with Gasteiger partial charge in [-0.05, 0) is 31.4 Å². The van der Waals surface area contributed by atoms with E-state index in [9.17, 15) is 0 Å². The van der Waals surface area contributed by atoms with Crippen LogP contribution in [0.25, 0.3) is 0 Å². The van der Waals surface area contributed by atoms with Crippen LogP contribution in [0, 0.1) is 5.92 Å². The number of benzene rings is 1. The number of nitrogens with two attached hydrogens (primary N) is 1. The van der Waals surface area contributed by atoms with Gasteiger partial charge in [-0.15, -0.1) is 0 Å². The minimum Gasteiger partial charge on any atom is -0.329 e. The molecular weight excluding hydrogens is 220 g/mol. The van der Waals surface area contributed by atoms with E-state index < -0.39 is 0 Å². The van der Waals surface area contributed by atoms with Crippen LogP contribution in [-0.4, -0.2) is 31.1 Å². The Morgan fingerprint density at radius 1 is 1.22 bits per heavy atom. The monoisotopic (exact) mass is 248 g/mol. The van der Waals surface area contributed by atoms with Gasteiger partial charge in [-0.1, -0.05) is 50.6 Å². The first-order valence-corrected chi connectivity index (χ1v) is 7.13. The SMILES string of the molecule is CCCC(C)C(CN)N(C)CCc1ccccc1. The molecule has 1 rings (SSSR count). The van der Waals surface area contributed by atoms with Crippen LogP contribution in [0.3, 0.4) is 0 Å². The number of hydrogen-bond donors (Lipinski definition) is 1. The largest absolute Gasteiger partial charge is 0.329 e. The Morgan fingerprint density at radius 2 is 1.89 bits per heavy atom. The molecule has 2 nitrogen and oxygen atoms in total. The molecule has 0 saturated heterocycles. The molecule has 102 valence electrons. The minimum absolute atomic E-state index is 0.508. The van der Waals surface area contributed by atoms with Crippen LogP contribution in [0.4, 0.5) is 0 Å². The second-order valence-electron chi connectivity index (χ2n) is 5.29. The summed E-state index contributed by atoms with van der Waals surface area (Å²) in [5.74, 6) is 0.681. The Hall–Kier alpha value is -0.860. The Kier molecular flexibility index (Phi) is 6.99. The Labute approximate surface area is 112 Å². The maximum Gasteiger partial charge on any atom is 0.0241 e. The van der Waals surface area contributed by atoms with Gasteiger partial charge in [0.25, 0.3) is 0 Å². The van der Waals surface area contributed by atoms with Crippen molar-refractivity contribution in [2.75, 3.05) is 20.1 Å². The summed E-state index contributed by atoms with van der Waals surface area (Å²) in [5.41, 5.74) is 7.34. The van der Waals surface area contributed by atoms with Crippen molar-refractivity contribution in [3.05, 3.63) is 35.9 Å². The molecule has 2 unspecified atom stereocenters. The van der Waals surface area contributed by atoms with Gasteiger partial charge in [0.1, 0.15) is 0 Å². The predicted octanol–water partition coefficient (Wildman–Crippen LogP) is 2.92. The third-order valence-corrected chi connectivity index (χ3v) is 3.80. The van der Waals surface area contributed by atoms with E-state index in [1.165, 1.54) is 18.4 Å². The average molecular weight is 248 g/mol. The van der Waals surface area contributed by atoms with Crippen LogP contribution in [0.5, 0.6) is 0 Å². The number of hydrogen-bond acceptors (Lipinski definition) is 2. The molecule has 0 fully saturated rings. The zero-order valence-corrected chi connectivity index (χ0v) is 12.1. The van der Waals surface area contributed by atoms with E-state index in [2.05, 4.69) is 56.1 Å². The van der Waals surface area contributed by atoms with Crippen molar-refractivity contribution in [1.82, 2.24) is 4.90 Å². The van der Waals surface area contributed by atoms with Gasteiger partial charge in [0.15, 0.2) is 0 Å². The molecule has 0 aliphatic carbocycles. The normalized spacial score (nSPS) is 14.7. The molecule has 2 N–H and O–H groups in total. The molecule has 2 atom stereocenters. The highest BCUT2D eigenvalue weighted by atomic mass is 15.1. The van der Waals surface area contributed by atoms with Gasteiger partial charge in [0.2, 0.25) is 0 Å². The van der Waals surface area contributed by atoms with E-state index in [1.54, 1.807) is 0 Å². The number of nitrogens with zero attached hydrogens (tertiary/aromatic N) is 1. The second kappa shape index (κ2) is 8.28. The van der Waals surface area contributed by atoms with Crippen LogP contribution in [-0.2, 0) is 6.42 Å². The first-order chi connectivity index (χ1) is 8.69. The van der Waals surface area contributed by atoms with Gasteiger partial charge in [-0.2, -0.15) is 0 Å². The lowest BCUT2D eigenvalue weighted by molar-refractivity contribution is 0.183. The Bertz CT molecular complexity index is 310. The van der Waals surface area contributed by atoms with Crippen molar-refractivity contribution in [3.8, 4) is 0 Å². The predicted molar refractivity (Wildman–Crippen MR) is 79.7 cm³/mol. The van der Waals surface area contributed by atoms with E-state index in [4.69, 9.17) is 5.73 Å². The summed E-state index contributed by atoms with van der Waals surface area (Å²) in [6.07, 6.45) is 3.61. The van der Waals surface area contributed by atoms with Gasteiger partial charge in [-0.25, -0.2) is 0 Å². The van der Waals surface area contributed by atoms with E-state index in [1.807, 2.05) is 0 Å². The zero-order chi connectivity index (χ0) is 13.4. The molecule has 1 aromatic carbocycles. The first kappa shape index (κ1) is 15.2. The standard InChI is InChI=1S/C16H28N2/c1-4-8-14(2)16(13-17)18(3)12-11-15-9-6-5-7-10-15/h5-7,9-10,14,16H,4,8,11-13,17H2,1-3H3. The first-order valence-electron chi connectivity index (χ1n) is 7.13. The molecule has 0 amide bonds. The highest BCUT2D eigenvalue weighted by Crippen LogP contribution is 2.15. The molecule has 1 aromatic rings. The lowest BCUT2D eigenvalue weighted by Crippen LogP contribution is -2.43. The summed E-state index contributed by atoms with van der Waals surface area (Å²) in [4.78, 5) is 2.42. The number of likely N-dealkylation sites (N-methyl/N-ethyl adjacent to an activating group) is 1. The molecule has 0 aliphatic heterocycles. The molecule has 0 aliphatic rings. The summed E-state index contributed by atoms with van der Waals surface area (Å²) in [6, 6.07) is 11.2. The van der Waals surface area contributed by atoms with Gasteiger partial charge in [0.05, 0.1) is 0 Å². The summed E-state index contributed by atoms with van der Waals surface area (Å²) in [5, 5.41) is 0. The highest BCUT2D eigenvalue weighted by Gasteiger charge is 2.19. The van der Waals surface area contributed by atoms with Crippen LogP contribution >= 0.6 is 0 Å². The van der Waals surface area contributed by atoms with E-state index in [-0.39, 0.29) is 0 Å². The smallest absolute Gasteiger partial charge is 0.0241 e. The highest BCUT2D eigenvalue weighted by molar-refractivity contribution is 5.14. The third kappa shape index (κ3) is 4.79.